The molecule has 2 heterocycles. The molecular formula is C42H35ClFN3O7. The molecule has 4 amide bonds. The van der Waals surface area contributed by atoms with Crippen LogP contribution < -0.4 is 15.1 Å². The molecule has 4 aromatic rings. The van der Waals surface area contributed by atoms with Crippen LogP contribution in [0.1, 0.15) is 47.2 Å². The smallest absolute Gasteiger partial charge is 0.260 e. The number of amides is 4. The predicted molar refractivity (Wildman–Crippen MR) is 197 cm³/mol. The fourth-order valence-corrected chi connectivity index (χ4v) is 9.23. The van der Waals surface area contributed by atoms with E-state index in [9.17, 15) is 28.7 Å². The fraction of sp³-hybridized carbons (Fsp3) is 0.262. The third-order valence-corrected chi connectivity index (χ3v) is 11.6. The van der Waals surface area contributed by atoms with E-state index in [0.717, 1.165) is 10.6 Å². The Morgan fingerprint density at radius 2 is 1.61 bits per heavy atom. The lowest BCUT2D eigenvalue weighted by atomic mass is 9.49. The SMILES string of the molecule is CC(=O)c1ccc(N2C(=O)[C@H]3[C@H](CC=C4[C@H]3C[C@H]3C(=O)N(Nc5ccc(F)cc5)C(=O)[C@@]3(c3ccc(Cl)cc3)[C@H]4c3ccccc3OCCO)C2=O)cc1. The molecule has 0 radical (unpaired) electrons. The van der Waals surface area contributed by atoms with Gasteiger partial charge in [0, 0.05) is 22.1 Å². The first kappa shape index (κ1) is 35.4. The zero-order valence-corrected chi connectivity index (χ0v) is 29.8. The number of fused-ring (bicyclic) bond motifs is 4. The van der Waals surface area contributed by atoms with Gasteiger partial charge in [0.25, 0.3) is 11.8 Å². The van der Waals surface area contributed by atoms with E-state index in [2.05, 4.69) is 5.43 Å². The second kappa shape index (κ2) is 13.6. The van der Waals surface area contributed by atoms with Crippen LogP contribution in [0.5, 0.6) is 5.75 Å². The molecule has 10 nitrogen and oxygen atoms in total. The van der Waals surface area contributed by atoms with Crippen LogP contribution in [-0.4, -0.2) is 52.7 Å². The molecule has 6 atom stereocenters. The molecule has 2 aliphatic carbocycles. The molecule has 2 saturated heterocycles. The summed E-state index contributed by atoms with van der Waals surface area (Å²) in [5.41, 5.74) is 4.26. The molecule has 274 valence electrons. The average Bonchev–Trinajstić information content (AvgIpc) is 3.56. The molecule has 4 aliphatic rings. The molecule has 8 rings (SSSR count). The highest BCUT2D eigenvalue weighted by Gasteiger charge is 2.70. The van der Waals surface area contributed by atoms with E-state index in [1.165, 1.54) is 36.1 Å². The van der Waals surface area contributed by atoms with Crippen LogP contribution in [0.3, 0.4) is 0 Å². The number of aliphatic hydroxyl groups excluding tert-OH is 1. The number of carbonyl (C=O) groups is 5. The molecule has 3 fully saturated rings. The van der Waals surface area contributed by atoms with E-state index in [0.29, 0.717) is 38.8 Å². The number of ether oxygens (including phenoxy) is 1. The van der Waals surface area contributed by atoms with Gasteiger partial charge in [0.05, 0.1) is 41.2 Å². The van der Waals surface area contributed by atoms with Crippen molar-refractivity contribution >= 4 is 52.4 Å². The summed E-state index contributed by atoms with van der Waals surface area (Å²) in [6.07, 6.45) is 2.21. The van der Waals surface area contributed by atoms with E-state index in [1.54, 1.807) is 66.7 Å². The van der Waals surface area contributed by atoms with Gasteiger partial charge in [-0.05, 0) is 98.0 Å². The Kier molecular flexibility index (Phi) is 8.94. The summed E-state index contributed by atoms with van der Waals surface area (Å²) in [7, 11) is 0. The fourth-order valence-electron chi connectivity index (χ4n) is 9.11. The van der Waals surface area contributed by atoms with Gasteiger partial charge in [-0.2, -0.15) is 5.01 Å². The highest BCUT2D eigenvalue weighted by Crippen LogP contribution is 2.65. The Bertz CT molecular complexity index is 2230. The Hall–Kier alpha value is -5.65. The number of para-hydroxylation sites is 1. The van der Waals surface area contributed by atoms with E-state index in [-0.39, 0.29) is 37.7 Å². The minimum Gasteiger partial charge on any atom is -0.491 e. The van der Waals surface area contributed by atoms with Crippen molar-refractivity contribution in [2.75, 3.05) is 23.5 Å². The molecule has 0 aromatic heterocycles. The number of halogens is 2. The van der Waals surface area contributed by atoms with Crippen LogP contribution >= 0.6 is 11.6 Å². The standard InChI is InChI=1S/C42H35ClFN3O7/c1-23(49)24-6-16-29(17-7-24)46-38(50)32-19-18-30-33(36(32)40(46)52)22-34-39(51)47(45-28-14-12-27(44)13-15-28)41(53)42(34,25-8-10-26(43)11-9-25)37(30)31-4-2-3-5-35(31)54-21-20-48/h2-18,32-34,36-37,45,48H,19-22H2,1H3/t32-,33+,34-,36-,37+,42+/m0/s1. The topological polar surface area (TPSA) is 133 Å². The Morgan fingerprint density at radius 1 is 0.907 bits per heavy atom. The minimum absolute atomic E-state index is 0.0379. The van der Waals surface area contributed by atoms with E-state index in [4.69, 9.17) is 16.3 Å². The maximum atomic E-state index is 15.3. The van der Waals surface area contributed by atoms with Gasteiger partial charge in [-0.25, -0.2) is 4.39 Å². The molecule has 0 bridgehead atoms. The second-order valence-electron chi connectivity index (χ2n) is 14.1. The number of aliphatic hydroxyl groups is 1. The Balaban J connectivity index is 1.31. The molecule has 0 spiro atoms. The van der Waals surface area contributed by atoms with Gasteiger partial charge < -0.3 is 9.84 Å². The predicted octanol–water partition coefficient (Wildman–Crippen LogP) is 6.24. The Morgan fingerprint density at radius 3 is 2.30 bits per heavy atom. The summed E-state index contributed by atoms with van der Waals surface area (Å²) in [4.78, 5) is 72.0. The number of allylic oxidation sites excluding steroid dienone is 2. The third kappa shape index (κ3) is 5.44. The van der Waals surface area contributed by atoms with E-state index in [1.807, 2.05) is 12.1 Å². The van der Waals surface area contributed by atoms with Gasteiger partial charge in [0.1, 0.15) is 18.2 Å². The summed E-state index contributed by atoms with van der Waals surface area (Å²) in [5, 5.41) is 11.1. The van der Waals surface area contributed by atoms with Crippen molar-refractivity contribution in [3.8, 4) is 5.75 Å². The summed E-state index contributed by atoms with van der Waals surface area (Å²) in [6.45, 7) is 1.13. The molecule has 54 heavy (non-hydrogen) atoms. The average molecular weight is 748 g/mol. The number of imide groups is 2. The lowest BCUT2D eigenvalue weighted by molar-refractivity contribution is -0.138. The molecule has 2 aliphatic heterocycles. The lowest BCUT2D eigenvalue weighted by Crippen LogP contribution is -2.53. The number of hydrogen-bond acceptors (Lipinski definition) is 8. The number of rotatable bonds is 9. The lowest BCUT2D eigenvalue weighted by Gasteiger charge is -2.50. The zero-order valence-electron chi connectivity index (χ0n) is 29.1. The zero-order chi connectivity index (χ0) is 37.9. The number of benzene rings is 4. The molecule has 0 unspecified atom stereocenters. The van der Waals surface area contributed by atoms with Gasteiger partial charge in [0.15, 0.2) is 5.78 Å². The van der Waals surface area contributed by atoms with Crippen LogP contribution in [0.4, 0.5) is 15.8 Å². The van der Waals surface area contributed by atoms with Gasteiger partial charge in [0.2, 0.25) is 11.8 Å². The number of carbonyl (C=O) groups excluding carboxylic acids is 5. The van der Waals surface area contributed by atoms with Gasteiger partial charge in [-0.15, -0.1) is 0 Å². The molecule has 2 N–H and O–H groups in total. The van der Waals surface area contributed by atoms with Gasteiger partial charge in [-0.3, -0.25) is 34.3 Å². The highest BCUT2D eigenvalue weighted by atomic mass is 35.5. The normalized spacial score (nSPS) is 25.9. The van der Waals surface area contributed by atoms with E-state index >= 15 is 4.79 Å². The van der Waals surface area contributed by atoms with Crippen LogP contribution in [-0.2, 0) is 24.6 Å². The third-order valence-electron chi connectivity index (χ3n) is 11.4. The van der Waals surface area contributed by atoms with Crippen LogP contribution in [0.15, 0.2) is 109 Å². The van der Waals surface area contributed by atoms with Crippen molar-refractivity contribution in [3.05, 3.63) is 136 Å². The van der Waals surface area contributed by atoms with E-state index < -0.39 is 58.5 Å². The maximum Gasteiger partial charge on any atom is 0.260 e. The van der Waals surface area contributed by atoms with Crippen molar-refractivity contribution in [3.63, 3.8) is 0 Å². The van der Waals surface area contributed by atoms with Crippen molar-refractivity contribution in [2.45, 2.75) is 31.1 Å². The first-order chi connectivity index (χ1) is 26.1. The quantitative estimate of drug-likeness (QED) is 0.117. The number of anilines is 2. The number of nitrogens with zero attached hydrogens (tertiary/aromatic N) is 2. The molecular weight excluding hydrogens is 713 g/mol. The summed E-state index contributed by atoms with van der Waals surface area (Å²) < 4.78 is 20.0. The van der Waals surface area contributed by atoms with Gasteiger partial charge >= 0.3 is 0 Å². The largest absolute Gasteiger partial charge is 0.491 e. The number of Topliss-reactive ketones (excluding diaryl/α,β-unsaturated/α-hetero) is 1. The summed E-state index contributed by atoms with van der Waals surface area (Å²) >= 11 is 6.38. The molecule has 4 aromatic carbocycles. The number of ketones is 1. The molecule has 1 saturated carbocycles. The number of nitrogens with one attached hydrogen (secondary N) is 1. The second-order valence-corrected chi connectivity index (χ2v) is 14.5. The van der Waals surface area contributed by atoms with Gasteiger partial charge in [-0.1, -0.05) is 53.6 Å². The first-order valence-electron chi connectivity index (χ1n) is 17.7. The Labute approximate surface area is 315 Å². The van der Waals surface area contributed by atoms with Crippen LogP contribution in [0.2, 0.25) is 5.02 Å². The first-order valence-corrected chi connectivity index (χ1v) is 18.1. The highest BCUT2D eigenvalue weighted by molar-refractivity contribution is 6.30. The maximum absolute atomic E-state index is 15.3. The van der Waals surface area contributed by atoms with Crippen molar-refractivity contribution in [1.82, 2.24) is 5.01 Å². The minimum atomic E-state index is -1.59. The van der Waals surface area contributed by atoms with Crippen molar-refractivity contribution in [2.24, 2.45) is 23.7 Å². The summed E-state index contributed by atoms with van der Waals surface area (Å²) in [5.74, 6) is -6.26. The number of hydrogen-bond donors (Lipinski definition) is 2. The monoisotopic (exact) mass is 747 g/mol. The van der Waals surface area contributed by atoms with Crippen molar-refractivity contribution in [1.29, 1.82) is 0 Å². The van der Waals surface area contributed by atoms with Crippen LogP contribution in [0.25, 0.3) is 0 Å². The van der Waals surface area contributed by atoms with Crippen molar-refractivity contribution < 1.29 is 38.2 Å². The molecule has 12 heteroatoms. The number of hydrazine groups is 1. The summed E-state index contributed by atoms with van der Waals surface area (Å²) in [6, 6.07) is 25.5. The van der Waals surface area contributed by atoms with Crippen LogP contribution in [0, 0.1) is 29.5 Å².